The van der Waals surface area contributed by atoms with Gasteiger partial charge in [-0.1, -0.05) is 32.9 Å². The molecule has 0 saturated heterocycles. The molecule has 0 aliphatic carbocycles. The van der Waals surface area contributed by atoms with E-state index in [0.717, 1.165) is 6.08 Å². The minimum absolute atomic E-state index is 0. The zero-order chi connectivity index (χ0) is 10.4. The molecular formula is C9H14NNaO3. The van der Waals surface area contributed by atoms with Crippen molar-refractivity contribution in [2.75, 3.05) is 0 Å². The van der Waals surface area contributed by atoms with Gasteiger partial charge in [-0.2, -0.15) is 0 Å². The van der Waals surface area contributed by atoms with Crippen LogP contribution in [0.1, 0.15) is 20.3 Å². The van der Waals surface area contributed by atoms with E-state index in [-0.39, 0.29) is 35.5 Å². The molecule has 0 spiro atoms. The summed E-state index contributed by atoms with van der Waals surface area (Å²) < 4.78 is 0. The SMILES string of the molecule is C=CC([O-])=N[C@H](C(=O)O)[C@@H](C)CC.[Na+]. The predicted octanol–water partition coefficient (Wildman–Crippen LogP) is -2.57. The molecule has 2 atom stereocenters. The Labute approximate surface area is 106 Å². The van der Waals surface area contributed by atoms with Gasteiger partial charge in [-0.25, -0.2) is 4.79 Å². The Balaban J connectivity index is 0. The maximum atomic E-state index is 10.8. The number of nitrogens with zero attached hydrogens (tertiary/aromatic N) is 1. The molecule has 0 unspecified atom stereocenters. The molecule has 0 aromatic heterocycles. The van der Waals surface area contributed by atoms with Gasteiger partial charge in [-0.15, -0.1) is 0 Å². The van der Waals surface area contributed by atoms with E-state index in [9.17, 15) is 9.90 Å². The zero-order valence-electron chi connectivity index (χ0n) is 8.86. The van der Waals surface area contributed by atoms with E-state index in [1.165, 1.54) is 0 Å². The number of aliphatic carboxylic acids is 1. The van der Waals surface area contributed by atoms with Crippen molar-refractivity contribution in [1.29, 1.82) is 0 Å². The van der Waals surface area contributed by atoms with Crippen molar-refractivity contribution >= 4 is 11.9 Å². The van der Waals surface area contributed by atoms with E-state index in [1.807, 2.05) is 6.92 Å². The molecule has 0 aliphatic rings. The van der Waals surface area contributed by atoms with Gasteiger partial charge in [0.15, 0.2) is 0 Å². The average molecular weight is 207 g/mol. The minimum atomic E-state index is -1.07. The molecule has 0 aromatic carbocycles. The van der Waals surface area contributed by atoms with Crippen LogP contribution in [0, 0.1) is 5.92 Å². The smallest absolute Gasteiger partial charge is 0.859 e. The van der Waals surface area contributed by atoms with Crippen LogP contribution in [0.4, 0.5) is 0 Å². The first-order chi connectivity index (χ1) is 6.02. The van der Waals surface area contributed by atoms with Crippen LogP contribution < -0.4 is 34.7 Å². The van der Waals surface area contributed by atoms with E-state index in [2.05, 4.69) is 11.6 Å². The van der Waals surface area contributed by atoms with Crippen molar-refractivity contribution in [3.8, 4) is 0 Å². The second-order valence-corrected chi connectivity index (χ2v) is 2.84. The summed E-state index contributed by atoms with van der Waals surface area (Å²) >= 11 is 0. The maximum absolute atomic E-state index is 10.8. The summed E-state index contributed by atoms with van der Waals surface area (Å²) in [5, 5.41) is 19.5. The van der Waals surface area contributed by atoms with Crippen molar-refractivity contribution < 1.29 is 44.6 Å². The third kappa shape index (κ3) is 5.42. The molecule has 1 N–H and O–H groups in total. The summed E-state index contributed by atoms with van der Waals surface area (Å²) in [6.07, 6.45) is 1.68. The molecule has 0 aliphatic heterocycles. The first kappa shape index (κ1) is 16.1. The second kappa shape index (κ2) is 8.03. The number of carboxylic acids is 1. The molecule has 0 bridgehead atoms. The molecule has 5 heteroatoms. The summed E-state index contributed by atoms with van der Waals surface area (Å²) in [6.45, 7) is 6.83. The number of carbonyl (C=O) groups is 1. The third-order valence-corrected chi connectivity index (χ3v) is 1.88. The molecule has 4 nitrogen and oxygen atoms in total. The van der Waals surface area contributed by atoms with Crippen LogP contribution in [0.25, 0.3) is 0 Å². The van der Waals surface area contributed by atoms with Crippen LogP contribution in [0.2, 0.25) is 0 Å². The van der Waals surface area contributed by atoms with Gasteiger partial charge in [-0.05, 0) is 11.8 Å². The average Bonchev–Trinajstić information content (AvgIpc) is 2.11. The number of hydrogen-bond acceptors (Lipinski definition) is 3. The van der Waals surface area contributed by atoms with Gasteiger partial charge in [0.25, 0.3) is 0 Å². The minimum Gasteiger partial charge on any atom is -0.859 e. The Morgan fingerprint density at radius 3 is 2.50 bits per heavy atom. The molecule has 0 fully saturated rings. The fraction of sp³-hybridized carbons (Fsp3) is 0.556. The number of rotatable bonds is 5. The molecule has 74 valence electrons. The van der Waals surface area contributed by atoms with Gasteiger partial charge in [0.2, 0.25) is 0 Å². The Morgan fingerprint density at radius 1 is 1.71 bits per heavy atom. The van der Waals surface area contributed by atoms with Gasteiger partial charge in [-0.3, -0.25) is 4.99 Å². The number of carboxylic acid groups (broad SMARTS) is 1. The monoisotopic (exact) mass is 207 g/mol. The van der Waals surface area contributed by atoms with Crippen LogP contribution in [-0.4, -0.2) is 23.0 Å². The summed E-state index contributed by atoms with van der Waals surface area (Å²) in [4.78, 5) is 14.2. The van der Waals surface area contributed by atoms with E-state index in [4.69, 9.17) is 5.11 Å². The third-order valence-electron chi connectivity index (χ3n) is 1.88. The van der Waals surface area contributed by atoms with Crippen molar-refractivity contribution in [3.63, 3.8) is 0 Å². The van der Waals surface area contributed by atoms with Crippen LogP contribution in [0.15, 0.2) is 17.6 Å². The van der Waals surface area contributed by atoms with E-state index >= 15 is 0 Å². The largest absolute Gasteiger partial charge is 1.00 e. The molecule has 0 rings (SSSR count). The van der Waals surface area contributed by atoms with Crippen LogP contribution >= 0.6 is 0 Å². The topological polar surface area (TPSA) is 72.7 Å². The second-order valence-electron chi connectivity index (χ2n) is 2.84. The van der Waals surface area contributed by atoms with Gasteiger partial charge < -0.3 is 10.2 Å². The Kier molecular flexibility index (Phi) is 9.24. The summed E-state index contributed by atoms with van der Waals surface area (Å²) in [7, 11) is 0. The van der Waals surface area contributed by atoms with Crippen molar-refractivity contribution in [3.05, 3.63) is 12.7 Å². The van der Waals surface area contributed by atoms with Crippen LogP contribution in [-0.2, 0) is 4.79 Å². The Bertz CT molecular complexity index is 228. The summed E-state index contributed by atoms with van der Waals surface area (Å²) in [5.41, 5.74) is 0. The maximum Gasteiger partial charge on any atom is 1.00 e. The first-order valence-electron chi connectivity index (χ1n) is 4.13. The van der Waals surface area contributed by atoms with Gasteiger partial charge in [0.05, 0.1) is 0 Å². The first-order valence-corrected chi connectivity index (χ1v) is 4.13. The van der Waals surface area contributed by atoms with Crippen molar-refractivity contribution in [1.82, 2.24) is 0 Å². The fourth-order valence-electron chi connectivity index (χ4n) is 0.839. The van der Waals surface area contributed by atoms with E-state index in [0.29, 0.717) is 6.42 Å². The molecule has 0 aromatic rings. The molecular weight excluding hydrogens is 193 g/mol. The van der Waals surface area contributed by atoms with E-state index in [1.54, 1.807) is 6.92 Å². The summed E-state index contributed by atoms with van der Waals surface area (Å²) in [5.74, 6) is -1.78. The quantitative estimate of drug-likeness (QED) is 0.306. The van der Waals surface area contributed by atoms with Crippen LogP contribution in [0.3, 0.4) is 0 Å². The van der Waals surface area contributed by atoms with E-state index < -0.39 is 17.9 Å². The van der Waals surface area contributed by atoms with Crippen molar-refractivity contribution in [2.24, 2.45) is 10.9 Å². The number of hydrogen-bond donors (Lipinski definition) is 1. The Hall–Kier alpha value is -0.320. The summed E-state index contributed by atoms with van der Waals surface area (Å²) in [6, 6.07) is -0.949. The van der Waals surface area contributed by atoms with Gasteiger partial charge in [0.1, 0.15) is 6.04 Å². The zero-order valence-corrected chi connectivity index (χ0v) is 10.9. The molecule has 14 heavy (non-hydrogen) atoms. The standard InChI is InChI=1S/C9H15NO3.Na/c1-4-6(3)8(9(12)13)10-7(11)5-2;/h5-6,8H,2,4H2,1,3H3,(H,10,11)(H,12,13);/q;+1/p-1/t6-,8-;/m0./s1. The molecule has 0 amide bonds. The molecule has 0 saturated carbocycles. The van der Waals surface area contributed by atoms with Gasteiger partial charge in [0, 0.05) is 0 Å². The van der Waals surface area contributed by atoms with Gasteiger partial charge >= 0.3 is 35.5 Å². The molecule has 0 radical (unpaired) electrons. The normalized spacial score (nSPS) is 15.1. The molecule has 0 heterocycles. The number of aliphatic imine (C=N–C) groups is 1. The van der Waals surface area contributed by atoms with Crippen LogP contribution in [0.5, 0.6) is 0 Å². The Morgan fingerprint density at radius 2 is 2.21 bits per heavy atom. The van der Waals surface area contributed by atoms with Crippen molar-refractivity contribution in [2.45, 2.75) is 26.3 Å². The predicted molar refractivity (Wildman–Crippen MR) is 48.5 cm³/mol. The fourth-order valence-corrected chi connectivity index (χ4v) is 0.839.